The van der Waals surface area contributed by atoms with Crippen LogP contribution in [0.1, 0.15) is 36.8 Å². The van der Waals surface area contributed by atoms with E-state index in [9.17, 15) is 4.79 Å². The number of aryl methyl sites for hydroxylation is 1. The molecule has 22 heavy (non-hydrogen) atoms. The van der Waals surface area contributed by atoms with Gasteiger partial charge in [0.05, 0.1) is 5.69 Å². The summed E-state index contributed by atoms with van der Waals surface area (Å²) in [4.78, 5) is 12.1. The van der Waals surface area contributed by atoms with Gasteiger partial charge in [0.1, 0.15) is 11.3 Å². The molecule has 0 fully saturated rings. The molecule has 0 aliphatic heterocycles. The average Bonchev–Trinajstić information content (AvgIpc) is 2.75. The van der Waals surface area contributed by atoms with E-state index < -0.39 is 11.3 Å². The van der Waals surface area contributed by atoms with Gasteiger partial charge in [-0.2, -0.15) is 5.10 Å². The van der Waals surface area contributed by atoms with Crippen molar-refractivity contribution in [3.8, 4) is 11.6 Å². The molecule has 2 N–H and O–H groups in total. The number of rotatable bonds is 3. The maximum atomic E-state index is 12.1. The lowest BCUT2D eigenvalue weighted by atomic mass is 9.89. The lowest BCUT2D eigenvalue weighted by molar-refractivity contribution is 0.0701. The zero-order chi connectivity index (χ0) is 16.5. The van der Waals surface area contributed by atoms with Crippen LogP contribution in [0.2, 0.25) is 5.02 Å². The van der Waals surface area contributed by atoms with E-state index in [4.69, 9.17) is 21.5 Å². The number of ether oxygens (including phenoxy) is 1. The molecule has 2 rings (SSSR count). The third-order valence-corrected chi connectivity index (χ3v) is 3.28. The van der Waals surface area contributed by atoms with Gasteiger partial charge in [-0.15, -0.1) is 0 Å². The topological polar surface area (TPSA) is 76.4 Å². The minimum Gasteiger partial charge on any atom is -0.438 e. The number of benzene rings is 1. The Morgan fingerprint density at radius 3 is 2.64 bits per heavy atom. The fourth-order valence-electron chi connectivity index (χ4n) is 2.05. The molecular weight excluding hydrogens is 306 g/mol. The molecule has 118 valence electrons. The average molecular weight is 324 g/mol. The highest BCUT2D eigenvalue weighted by Gasteiger charge is 2.31. The minimum absolute atomic E-state index is 0.192. The molecule has 0 radical (unpaired) electrons. The second kappa shape index (κ2) is 5.98. The highest BCUT2D eigenvalue weighted by Crippen LogP contribution is 2.34. The van der Waals surface area contributed by atoms with E-state index in [0.29, 0.717) is 16.5 Å². The quantitative estimate of drug-likeness (QED) is 0.671. The summed E-state index contributed by atoms with van der Waals surface area (Å²) in [5.74, 6) is 0.0387. The summed E-state index contributed by atoms with van der Waals surface area (Å²) < 4.78 is 7.23. The van der Waals surface area contributed by atoms with E-state index in [0.717, 1.165) is 0 Å². The van der Waals surface area contributed by atoms with Crippen LogP contribution >= 0.6 is 11.6 Å². The summed E-state index contributed by atoms with van der Waals surface area (Å²) in [5.41, 5.74) is 1.97. The molecule has 7 heteroatoms. The Labute approximate surface area is 133 Å². The SMILES string of the molecule is Cn1nc(C(C)(C)C)c(C(=O)NO)c1Oc1cccc(Cl)c1. The molecule has 0 saturated carbocycles. The van der Waals surface area contributed by atoms with E-state index >= 15 is 0 Å². The maximum Gasteiger partial charge on any atom is 0.282 e. The van der Waals surface area contributed by atoms with Crippen molar-refractivity contribution in [3.05, 3.63) is 40.5 Å². The van der Waals surface area contributed by atoms with Crippen molar-refractivity contribution in [2.75, 3.05) is 0 Å². The van der Waals surface area contributed by atoms with E-state index in [2.05, 4.69) is 5.10 Å². The summed E-state index contributed by atoms with van der Waals surface area (Å²) in [6.07, 6.45) is 0. The number of nitrogens with zero attached hydrogens (tertiary/aromatic N) is 2. The predicted molar refractivity (Wildman–Crippen MR) is 82.7 cm³/mol. The summed E-state index contributed by atoms with van der Waals surface area (Å²) in [6, 6.07) is 6.81. The van der Waals surface area contributed by atoms with Crippen LogP contribution in [0.15, 0.2) is 24.3 Å². The predicted octanol–water partition coefficient (Wildman–Crippen LogP) is 3.28. The number of aromatic nitrogens is 2. The second-order valence-electron chi connectivity index (χ2n) is 5.90. The van der Waals surface area contributed by atoms with Crippen LogP contribution < -0.4 is 10.2 Å². The first-order valence-electron chi connectivity index (χ1n) is 6.69. The van der Waals surface area contributed by atoms with Crippen molar-refractivity contribution in [1.29, 1.82) is 0 Å². The van der Waals surface area contributed by atoms with Crippen molar-refractivity contribution < 1.29 is 14.7 Å². The molecule has 1 aromatic heterocycles. The van der Waals surface area contributed by atoms with Crippen LogP contribution in [0.4, 0.5) is 0 Å². The number of hydrogen-bond acceptors (Lipinski definition) is 4. The van der Waals surface area contributed by atoms with Crippen molar-refractivity contribution in [3.63, 3.8) is 0 Å². The third-order valence-electron chi connectivity index (χ3n) is 3.04. The van der Waals surface area contributed by atoms with Crippen molar-refractivity contribution in [1.82, 2.24) is 15.3 Å². The van der Waals surface area contributed by atoms with Gasteiger partial charge in [-0.3, -0.25) is 10.0 Å². The Morgan fingerprint density at radius 2 is 2.09 bits per heavy atom. The molecule has 0 unspecified atom stereocenters. The first-order valence-corrected chi connectivity index (χ1v) is 7.07. The van der Waals surface area contributed by atoms with Gasteiger partial charge < -0.3 is 4.74 Å². The van der Waals surface area contributed by atoms with Gasteiger partial charge in [0.15, 0.2) is 0 Å². The summed E-state index contributed by atoms with van der Waals surface area (Å²) in [5, 5.41) is 13.9. The Bertz CT molecular complexity index is 705. The van der Waals surface area contributed by atoms with Gasteiger partial charge in [-0.25, -0.2) is 10.2 Å². The van der Waals surface area contributed by atoms with E-state index in [-0.39, 0.29) is 11.4 Å². The Balaban J connectivity index is 2.55. The van der Waals surface area contributed by atoms with Gasteiger partial charge >= 0.3 is 0 Å². The number of hydrogen-bond donors (Lipinski definition) is 2. The van der Waals surface area contributed by atoms with Crippen LogP contribution in [-0.4, -0.2) is 20.9 Å². The molecular formula is C15H18ClN3O3. The van der Waals surface area contributed by atoms with Gasteiger partial charge in [-0.1, -0.05) is 38.4 Å². The number of hydroxylamine groups is 1. The maximum absolute atomic E-state index is 12.1. The van der Waals surface area contributed by atoms with E-state index in [1.54, 1.807) is 36.8 Å². The first kappa shape index (κ1) is 16.3. The fraction of sp³-hybridized carbons (Fsp3) is 0.333. The fourth-order valence-corrected chi connectivity index (χ4v) is 2.23. The molecule has 0 atom stereocenters. The van der Waals surface area contributed by atoms with E-state index in [1.165, 1.54) is 4.68 Å². The summed E-state index contributed by atoms with van der Waals surface area (Å²) in [6.45, 7) is 5.77. The number of carbonyl (C=O) groups is 1. The zero-order valence-electron chi connectivity index (χ0n) is 12.8. The lowest BCUT2D eigenvalue weighted by Crippen LogP contribution is -2.24. The Hall–Kier alpha value is -2.05. The Kier molecular flexibility index (Phi) is 4.44. The largest absolute Gasteiger partial charge is 0.438 e. The number of halogens is 1. The standard InChI is InChI=1S/C15H18ClN3O3/c1-15(2,3)12-11(13(20)18-21)14(19(4)17-12)22-10-7-5-6-9(16)8-10/h5-8,21H,1-4H3,(H,18,20). The van der Waals surface area contributed by atoms with Gasteiger partial charge in [0.25, 0.3) is 5.91 Å². The Morgan fingerprint density at radius 1 is 1.41 bits per heavy atom. The number of nitrogens with one attached hydrogen (secondary N) is 1. The molecule has 0 aliphatic rings. The van der Waals surface area contributed by atoms with Gasteiger partial charge in [0, 0.05) is 17.5 Å². The van der Waals surface area contributed by atoms with Crippen LogP contribution in [0.25, 0.3) is 0 Å². The van der Waals surface area contributed by atoms with Crippen LogP contribution in [0, 0.1) is 0 Å². The molecule has 1 aromatic carbocycles. The van der Waals surface area contributed by atoms with Crippen LogP contribution in [0.5, 0.6) is 11.6 Å². The van der Waals surface area contributed by atoms with Crippen molar-refractivity contribution in [2.24, 2.45) is 7.05 Å². The number of carbonyl (C=O) groups excluding carboxylic acids is 1. The van der Waals surface area contributed by atoms with Gasteiger partial charge in [0.2, 0.25) is 5.88 Å². The number of amides is 1. The normalized spacial score (nSPS) is 11.4. The van der Waals surface area contributed by atoms with Gasteiger partial charge in [-0.05, 0) is 18.2 Å². The molecule has 6 nitrogen and oxygen atoms in total. The zero-order valence-corrected chi connectivity index (χ0v) is 13.6. The smallest absolute Gasteiger partial charge is 0.282 e. The molecule has 0 saturated heterocycles. The van der Waals surface area contributed by atoms with Crippen molar-refractivity contribution in [2.45, 2.75) is 26.2 Å². The molecule has 1 amide bonds. The highest BCUT2D eigenvalue weighted by atomic mass is 35.5. The van der Waals surface area contributed by atoms with Crippen molar-refractivity contribution >= 4 is 17.5 Å². The summed E-state index contributed by atoms with van der Waals surface area (Å²) >= 11 is 5.94. The third kappa shape index (κ3) is 3.23. The minimum atomic E-state index is -0.671. The molecule has 2 aromatic rings. The lowest BCUT2D eigenvalue weighted by Gasteiger charge is -2.16. The molecule has 0 bridgehead atoms. The highest BCUT2D eigenvalue weighted by molar-refractivity contribution is 6.30. The monoisotopic (exact) mass is 323 g/mol. The summed E-state index contributed by atoms with van der Waals surface area (Å²) in [7, 11) is 1.67. The molecule has 0 aliphatic carbocycles. The van der Waals surface area contributed by atoms with Crippen LogP contribution in [-0.2, 0) is 12.5 Å². The van der Waals surface area contributed by atoms with Crippen LogP contribution in [0.3, 0.4) is 0 Å². The molecule has 1 heterocycles. The second-order valence-corrected chi connectivity index (χ2v) is 6.34. The van der Waals surface area contributed by atoms with E-state index in [1.807, 2.05) is 20.8 Å². The molecule has 0 spiro atoms. The first-order chi connectivity index (χ1) is 10.2.